The van der Waals surface area contributed by atoms with Gasteiger partial charge in [0.15, 0.2) is 9.84 Å². The van der Waals surface area contributed by atoms with Crippen molar-refractivity contribution in [3.63, 3.8) is 0 Å². The molecule has 1 rings (SSSR count). The van der Waals surface area contributed by atoms with Crippen molar-refractivity contribution in [1.82, 2.24) is 0 Å². The first-order chi connectivity index (χ1) is 6.99. The van der Waals surface area contributed by atoms with E-state index in [2.05, 4.69) is 6.07 Å². The molecule has 0 heterocycles. The summed E-state index contributed by atoms with van der Waals surface area (Å²) in [5.74, 6) is 0.159. The maximum atomic E-state index is 11.7. The Morgan fingerprint density at radius 3 is 2.73 bits per heavy atom. The smallest absolute Gasteiger partial charge is 0.152 e. The van der Waals surface area contributed by atoms with E-state index in [4.69, 9.17) is 10.00 Å². The minimum absolute atomic E-state index is 0.159. The topological polar surface area (TPSA) is 67.2 Å². The van der Waals surface area contributed by atoms with Gasteiger partial charge in [-0.2, -0.15) is 5.26 Å². The van der Waals surface area contributed by atoms with E-state index in [1.807, 2.05) is 0 Å². The third-order valence-corrected chi connectivity index (χ3v) is 5.35. The second-order valence-corrected chi connectivity index (χ2v) is 6.71. The second-order valence-electron chi connectivity index (χ2n) is 4.14. The molecule has 0 aromatic rings. The molecule has 0 saturated heterocycles. The highest BCUT2D eigenvalue weighted by Gasteiger charge is 2.44. The first-order valence-electron chi connectivity index (χ1n) is 5.11. The van der Waals surface area contributed by atoms with Crippen molar-refractivity contribution in [2.75, 3.05) is 19.5 Å². The molecule has 0 unspecified atom stereocenters. The van der Waals surface area contributed by atoms with Crippen molar-refractivity contribution in [2.24, 2.45) is 5.41 Å². The number of rotatable bonds is 4. The maximum absolute atomic E-state index is 11.7. The Morgan fingerprint density at radius 2 is 2.27 bits per heavy atom. The molecule has 1 aliphatic rings. The molecule has 5 heteroatoms. The third kappa shape index (κ3) is 2.50. The Labute approximate surface area is 91.1 Å². The van der Waals surface area contributed by atoms with Crippen LogP contribution in [-0.4, -0.2) is 33.1 Å². The van der Waals surface area contributed by atoms with Crippen LogP contribution >= 0.6 is 0 Å². The summed E-state index contributed by atoms with van der Waals surface area (Å²) in [5, 5.41) is 8.73. The summed E-state index contributed by atoms with van der Waals surface area (Å²) in [6.07, 6.45) is 1.64. The summed E-state index contributed by atoms with van der Waals surface area (Å²) >= 11 is 0. The van der Waals surface area contributed by atoms with Gasteiger partial charge in [-0.15, -0.1) is 0 Å². The number of hydrogen-bond donors (Lipinski definition) is 0. The molecule has 2 atom stereocenters. The van der Waals surface area contributed by atoms with Crippen molar-refractivity contribution < 1.29 is 13.2 Å². The zero-order valence-electron chi connectivity index (χ0n) is 9.19. The molecule has 0 aromatic heterocycles. The lowest BCUT2D eigenvalue weighted by molar-refractivity contribution is 0.120. The molecular weight excluding hydrogens is 214 g/mol. The summed E-state index contributed by atoms with van der Waals surface area (Å²) < 4.78 is 28.3. The highest BCUT2D eigenvalue weighted by atomic mass is 32.2. The first kappa shape index (κ1) is 12.5. The molecule has 0 spiro atoms. The quantitative estimate of drug-likeness (QED) is 0.727. The average molecular weight is 231 g/mol. The van der Waals surface area contributed by atoms with Crippen LogP contribution in [-0.2, 0) is 14.6 Å². The van der Waals surface area contributed by atoms with Crippen molar-refractivity contribution >= 4 is 9.84 Å². The van der Waals surface area contributed by atoms with Crippen LogP contribution in [0.5, 0.6) is 0 Å². The second kappa shape index (κ2) is 4.50. The van der Waals surface area contributed by atoms with Gasteiger partial charge in [-0.25, -0.2) is 8.42 Å². The lowest BCUT2D eigenvalue weighted by Gasteiger charge is -2.19. The molecular formula is C10H17NO3S. The Morgan fingerprint density at radius 1 is 1.60 bits per heavy atom. The molecule has 86 valence electrons. The van der Waals surface area contributed by atoms with E-state index < -0.39 is 15.3 Å². The van der Waals surface area contributed by atoms with E-state index in [1.165, 1.54) is 0 Å². The fourth-order valence-electron chi connectivity index (χ4n) is 2.16. The van der Waals surface area contributed by atoms with Gasteiger partial charge >= 0.3 is 0 Å². The van der Waals surface area contributed by atoms with Crippen LogP contribution in [0, 0.1) is 16.7 Å². The van der Waals surface area contributed by atoms with Crippen molar-refractivity contribution in [1.29, 1.82) is 5.26 Å². The van der Waals surface area contributed by atoms with Crippen LogP contribution in [0.15, 0.2) is 0 Å². The minimum atomic E-state index is -3.00. The maximum Gasteiger partial charge on any atom is 0.152 e. The number of ether oxygens (including phenoxy) is 1. The predicted octanol–water partition coefficient (Wildman–Crippen LogP) is 1.13. The average Bonchev–Trinajstić information content (AvgIpc) is 2.64. The molecule has 0 amide bonds. The SMILES string of the molecule is CCS(=O)(=O)[C@H]1CC[C@@](C#N)(COC)C1. The lowest BCUT2D eigenvalue weighted by Crippen LogP contribution is -2.25. The predicted molar refractivity (Wildman–Crippen MR) is 57.0 cm³/mol. The van der Waals surface area contributed by atoms with Crippen LogP contribution < -0.4 is 0 Å². The summed E-state index contributed by atoms with van der Waals surface area (Å²) in [4.78, 5) is 0. The van der Waals surface area contributed by atoms with Crippen LogP contribution in [0.1, 0.15) is 26.2 Å². The Bertz CT molecular complexity index is 357. The van der Waals surface area contributed by atoms with Gasteiger partial charge in [0, 0.05) is 12.9 Å². The molecule has 15 heavy (non-hydrogen) atoms. The molecule has 1 aliphatic carbocycles. The minimum Gasteiger partial charge on any atom is -0.383 e. The Balaban J connectivity index is 2.78. The summed E-state index contributed by atoms with van der Waals surface area (Å²) in [6, 6.07) is 2.22. The zero-order chi connectivity index (χ0) is 11.5. The van der Waals surface area contributed by atoms with Gasteiger partial charge in [-0.1, -0.05) is 6.92 Å². The molecule has 0 radical (unpaired) electrons. The Kier molecular flexibility index (Phi) is 3.74. The van der Waals surface area contributed by atoms with Gasteiger partial charge < -0.3 is 4.74 Å². The summed E-state index contributed by atoms with van der Waals surface area (Å²) in [5.41, 5.74) is -0.582. The van der Waals surface area contributed by atoms with E-state index in [-0.39, 0.29) is 11.0 Å². The summed E-state index contributed by atoms with van der Waals surface area (Å²) in [6.45, 7) is 1.98. The molecule has 0 bridgehead atoms. The Hall–Kier alpha value is -0.600. The number of methoxy groups -OCH3 is 1. The van der Waals surface area contributed by atoms with Crippen molar-refractivity contribution in [3.8, 4) is 6.07 Å². The van der Waals surface area contributed by atoms with Crippen LogP contribution in [0.3, 0.4) is 0 Å². The van der Waals surface area contributed by atoms with Gasteiger partial charge in [0.05, 0.1) is 23.3 Å². The largest absolute Gasteiger partial charge is 0.383 e. The molecule has 0 aromatic carbocycles. The van der Waals surface area contributed by atoms with Gasteiger partial charge in [-0.3, -0.25) is 0 Å². The van der Waals surface area contributed by atoms with Crippen LogP contribution in [0.25, 0.3) is 0 Å². The number of sulfone groups is 1. The molecule has 1 fully saturated rings. The van der Waals surface area contributed by atoms with E-state index >= 15 is 0 Å². The van der Waals surface area contributed by atoms with Gasteiger partial charge in [0.25, 0.3) is 0 Å². The van der Waals surface area contributed by atoms with Crippen molar-refractivity contribution in [2.45, 2.75) is 31.4 Å². The molecule has 0 aliphatic heterocycles. The first-order valence-corrected chi connectivity index (χ1v) is 6.83. The van der Waals surface area contributed by atoms with Gasteiger partial charge in [0.1, 0.15) is 0 Å². The highest BCUT2D eigenvalue weighted by Crippen LogP contribution is 2.41. The van der Waals surface area contributed by atoms with Crippen LogP contribution in [0.4, 0.5) is 0 Å². The molecule has 1 saturated carbocycles. The number of nitriles is 1. The molecule has 4 nitrogen and oxygen atoms in total. The summed E-state index contributed by atoms with van der Waals surface area (Å²) in [7, 11) is -1.46. The fraction of sp³-hybridized carbons (Fsp3) is 0.900. The van der Waals surface area contributed by atoms with Gasteiger partial charge in [0.2, 0.25) is 0 Å². The number of nitrogens with zero attached hydrogens (tertiary/aromatic N) is 1. The monoisotopic (exact) mass is 231 g/mol. The standard InChI is InChI=1S/C10H17NO3S/c1-3-15(12,13)9-4-5-10(6-9,7-11)8-14-2/h9H,3-6,8H2,1-2H3/t9-,10+/m0/s1. The van der Waals surface area contributed by atoms with Crippen LogP contribution in [0.2, 0.25) is 0 Å². The third-order valence-electron chi connectivity index (χ3n) is 3.13. The van der Waals surface area contributed by atoms with E-state index in [0.717, 1.165) is 0 Å². The van der Waals surface area contributed by atoms with E-state index in [0.29, 0.717) is 25.9 Å². The highest BCUT2D eigenvalue weighted by molar-refractivity contribution is 7.92. The molecule has 0 N–H and O–H groups in total. The normalized spacial score (nSPS) is 31.4. The lowest BCUT2D eigenvalue weighted by atomic mass is 9.89. The van der Waals surface area contributed by atoms with Crippen molar-refractivity contribution in [3.05, 3.63) is 0 Å². The van der Waals surface area contributed by atoms with E-state index in [9.17, 15) is 8.42 Å². The zero-order valence-corrected chi connectivity index (χ0v) is 10.0. The fourth-order valence-corrected chi connectivity index (χ4v) is 3.68. The van der Waals surface area contributed by atoms with Gasteiger partial charge in [-0.05, 0) is 19.3 Å². The van der Waals surface area contributed by atoms with E-state index in [1.54, 1.807) is 14.0 Å². The number of hydrogen-bond acceptors (Lipinski definition) is 4.